The van der Waals surface area contributed by atoms with Gasteiger partial charge < -0.3 is 5.11 Å². The first-order chi connectivity index (χ1) is 1.91. The van der Waals surface area contributed by atoms with Gasteiger partial charge in [-0.25, -0.2) is 0 Å². The molecule has 0 aliphatic carbocycles. The average molecular weight is 184 g/mol. The Hall–Kier alpha value is 0.759. The van der Waals surface area contributed by atoms with E-state index in [0.29, 0.717) is 6.42 Å². The monoisotopic (exact) mass is 185 g/mol. The minimum absolute atomic E-state index is 0. The molecule has 2 heteroatoms. The largest absolute Gasteiger partial charge is 0.396 e. The predicted octanol–water partition coefficient (Wildman–Crippen LogP) is 0.560. The second-order valence-electron chi connectivity index (χ2n) is 0.577. The fourth-order valence-electron chi connectivity index (χ4n) is 0. The summed E-state index contributed by atoms with van der Waals surface area (Å²) < 4.78 is 0. The van der Waals surface area contributed by atoms with Crippen molar-refractivity contribution in [2.45, 2.75) is 6.42 Å². The van der Waals surface area contributed by atoms with Gasteiger partial charge in [-0.3, -0.25) is 0 Å². The Morgan fingerprint density at radius 3 is 2.00 bits per heavy atom. The molecule has 5 heavy (non-hydrogen) atoms. The summed E-state index contributed by atoms with van der Waals surface area (Å²) in [5, 5.41) is 7.81. The minimum atomic E-state index is 0. The van der Waals surface area contributed by atoms with Gasteiger partial charge in [-0.15, -0.1) is 0 Å². The van der Waals surface area contributed by atoms with Gasteiger partial charge in [0, 0.05) is 34.8 Å². The molecule has 0 aliphatic rings. The topological polar surface area (TPSA) is 20.2 Å². The van der Waals surface area contributed by atoms with Crippen LogP contribution < -0.4 is 0 Å². The van der Waals surface area contributed by atoms with E-state index in [1.165, 1.54) is 0 Å². The number of aliphatic hydroxyl groups is 1. The van der Waals surface area contributed by atoms with Crippen LogP contribution in [0.5, 0.6) is 0 Å². The Bertz CT molecular complexity index is 16.5. The second kappa shape index (κ2) is 8.83. The summed E-state index contributed by atoms with van der Waals surface area (Å²) in [5.41, 5.74) is 0. The zero-order chi connectivity index (χ0) is 3.41. The molecule has 0 unspecified atom stereocenters. The summed E-state index contributed by atoms with van der Waals surface area (Å²) in [7, 11) is 0. The van der Waals surface area contributed by atoms with Crippen molar-refractivity contribution in [1.82, 2.24) is 0 Å². The molecule has 1 N–H and O–H groups in total. The summed E-state index contributed by atoms with van der Waals surface area (Å²) in [6.07, 6.45) is 0.625. The Labute approximate surface area is 53.8 Å². The fraction of sp³-hybridized carbons (Fsp3) is 0.667. The molecular formula is C3H13OSn. The smallest absolute Gasteiger partial charge is 0.0431 e. The fourth-order valence-corrected chi connectivity index (χ4v) is 0. The van der Waals surface area contributed by atoms with Crippen LogP contribution in [0.4, 0.5) is 0 Å². The summed E-state index contributed by atoms with van der Waals surface area (Å²) in [4.78, 5) is 0. The van der Waals surface area contributed by atoms with Crippen molar-refractivity contribution in [3.05, 3.63) is 6.92 Å². The van der Waals surface area contributed by atoms with E-state index in [1.54, 1.807) is 0 Å². The van der Waals surface area contributed by atoms with Crippen molar-refractivity contribution in [2.24, 2.45) is 0 Å². The molecule has 0 atom stereocenters. The van der Waals surface area contributed by atoms with Gasteiger partial charge in [0.05, 0.1) is 0 Å². The van der Waals surface area contributed by atoms with E-state index in [9.17, 15) is 0 Å². The van der Waals surface area contributed by atoms with Crippen LogP contribution in [0, 0.1) is 6.92 Å². The van der Waals surface area contributed by atoms with Gasteiger partial charge in [0.2, 0.25) is 0 Å². The zero-order valence-electron chi connectivity index (χ0n) is 3.07. The summed E-state index contributed by atoms with van der Waals surface area (Å²) in [6, 6.07) is 0. The molecular weight excluding hydrogens is 171 g/mol. The summed E-state index contributed by atoms with van der Waals surface area (Å²) in [6.45, 7) is 3.56. The van der Waals surface area contributed by atoms with Crippen LogP contribution in [0.2, 0.25) is 0 Å². The molecule has 35 valence electrons. The first kappa shape index (κ1) is 9.23. The standard InChI is InChI=1S/C3H7O.Sn.3H2/c1-2-3-4;;;;/h4H,1-3H2;;3*1H. The molecule has 0 aromatic rings. The third-order valence-electron chi connectivity index (χ3n) is 0.158. The first-order valence-corrected chi connectivity index (χ1v) is 1.32. The Balaban J connectivity index is -0.00000000750. The minimum Gasteiger partial charge on any atom is -0.396 e. The molecule has 0 bridgehead atoms. The molecule has 0 spiro atoms. The molecule has 0 amide bonds. The van der Waals surface area contributed by atoms with Crippen LogP contribution in [0.1, 0.15) is 10.7 Å². The van der Waals surface area contributed by atoms with Gasteiger partial charge in [-0.05, 0) is 6.42 Å². The van der Waals surface area contributed by atoms with Gasteiger partial charge in [0.1, 0.15) is 0 Å². The maximum atomic E-state index is 7.81. The third-order valence-corrected chi connectivity index (χ3v) is 0.158. The normalized spacial score (nSPS) is 6.00. The number of aliphatic hydroxyl groups excluding tert-OH is 1. The van der Waals surface area contributed by atoms with Crippen LogP contribution in [0.15, 0.2) is 0 Å². The van der Waals surface area contributed by atoms with Crippen molar-refractivity contribution >= 4 is 23.9 Å². The SMILES string of the molecule is [CH2]CCO.[HH].[HH].[HH].[Sn]. The molecule has 0 saturated carbocycles. The molecule has 5 radical (unpaired) electrons. The van der Waals surface area contributed by atoms with Gasteiger partial charge in [-0.1, -0.05) is 6.92 Å². The molecule has 0 aromatic carbocycles. The average Bonchev–Trinajstić information content (AvgIpc) is 1.37. The van der Waals surface area contributed by atoms with Crippen molar-refractivity contribution in [3.8, 4) is 0 Å². The van der Waals surface area contributed by atoms with Crippen molar-refractivity contribution in [1.29, 1.82) is 0 Å². The van der Waals surface area contributed by atoms with E-state index in [0.717, 1.165) is 0 Å². The molecule has 0 aliphatic heterocycles. The van der Waals surface area contributed by atoms with E-state index < -0.39 is 0 Å². The third kappa shape index (κ3) is 11.7. The van der Waals surface area contributed by atoms with E-state index in [-0.39, 0.29) is 34.8 Å². The van der Waals surface area contributed by atoms with Crippen LogP contribution in [0.3, 0.4) is 0 Å². The van der Waals surface area contributed by atoms with Crippen LogP contribution >= 0.6 is 0 Å². The van der Waals surface area contributed by atoms with Gasteiger partial charge >= 0.3 is 0 Å². The first-order valence-electron chi connectivity index (χ1n) is 1.32. The van der Waals surface area contributed by atoms with E-state index in [4.69, 9.17) is 5.11 Å². The van der Waals surface area contributed by atoms with E-state index in [1.807, 2.05) is 0 Å². The molecule has 0 heterocycles. The quantitative estimate of drug-likeness (QED) is 0.590. The van der Waals surface area contributed by atoms with E-state index >= 15 is 0 Å². The molecule has 0 fully saturated rings. The van der Waals surface area contributed by atoms with Crippen LogP contribution in [0.25, 0.3) is 0 Å². The van der Waals surface area contributed by atoms with Crippen LogP contribution in [-0.2, 0) is 0 Å². The maximum absolute atomic E-state index is 7.81. The summed E-state index contributed by atoms with van der Waals surface area (Å²) >= 11 is 0. The predicted molar refractivity (Wildman–Crippen MR) is 29.2 cm³/mol. The molecule has 0 saturated heterocycles. The maximum Gasteiger partial charge on any atom is 0.0431 e. The number of rotatable bonds is 1. The van der Waals surface area contributed by atoms with Crippen molar-refractivity contribution in [3.63, 3.8) is 0 Å². The Kier molecular flexibility index (Phi) is 16.3. The number of hydrogen-bond acceptors (Lipinski definition) is 1. The Morgan fingerprint density at radius 1 is 1.80 bits per heavy atom. The zero-order valence-corrected chi connectivity index (χ0v) is 5.92. The van der Waals surface area contributed by atoms with Crippen molar-refractivity contribution in [2.75, 3.05) is 6.61 Å². The number of hydrogen-bond donors (Lipinski definition) is 1. The van der Waals surface area contributed by atoms with Gasteiger partial charge in [0.15, 0.2) is 0 Å². The molecule has 0 aromatic heterocycles. The summed E-state index contributed by atoms with van der Waals surface area (Å²) in [5.74, 6) is 0. The molecule has 0 rings (SSSR count). The van der Waals surface area contributed by atoms with Crippen LogP contribution in [-0.4, -0.2) is 35.6 Å². The second-order valence-corrected chi connectivity index (χ2v) is 0.577. The molecule has 1 nitrogen and oxygen atoms in total. The van der Waals surface area contributed by atoms with Gasteiger partial charge in [0.25, 0.3) is 0 Å². The van der Waals surface area contributed by atoms with E-state index in [2.05, 4.69) is 6.92 Å². The van der Waals surface area contributed by atoms with Gasteiger partial charge in [-0.2, -0.15) is 0 Å². The Morgan fingerprint density at radius 2 is 2.00 bits per heavy atom. The van der Waals surface area contributed by atoms with Crippen molar-refractivity contribution < 1.29 is 9.39 Å².